The molecular formula is C24H28FN3O5S. The average molecular weight is 490 g/mol. The maximum atomic E-state index is 14.1. The van der Waals surface area contributed by atoms with Crippen molar-refractivity contribution in [1.82, 2.24) is 14.1 Å². The summed E-state index contributed by atoms with van der Waals surface area (Å²) in [5.41, 5.74) is 1.11. The van der Waals surface area contributed by atoms with Crippen molar-refractivity contribution in [2.75, 3.05) is 52.5 Å². The van der Waals surface area contributed by atoms with Crippen molar-refractivity contribution in [1.29, 1.82) is 0 Å². The molecule has 5 rings (SSSR count). The van der Waals surface area contributed by atoms with Crippen LogP contribution >= 0.6 is 0 Å². The van der Waals surface area contributed by atoms with Crippen molar-refractivity contribution in [2.45, 2.75) is 23.8 Å². The number of hydrogen-bond donors (Lipinski definition) is 0. The smallest absolute Gasteiger partial charge is 0.246 e. The van der Waals surface area contributed by atoms with Crippen LogP contribution in [-0.2, 0) is 14.8 Å². The van der Waals surface area contributed by atoms with E-state index in [2.05, 4.69) is 4.90 Å². The molecule has 0 aromatic heterocycles. The van der Waals surface area contributed by atoms with Crippen molar-refractivity contribution >= 4 is 15.9 Å². The molecular weight excluding hydrogens is 461 g/mol. The molecule has 182 valence electrons. The molecule has 0 aliphatic carbocycles. The highest BCUT2D eigenvalue weighted by atomic mass is 32.2. The quantitative estimate of drug-likeness (QED) is 0.641. The summed E-state index contributed by atoms with van der Waals surface area (Å²) in [6, 6.07) is 11.5. The van der Waals surface area contributed by atoms with Crippen molar-refractivity contribution in [3.63, 3.8) is 0 Å². The van der Waals surface area contributed by atoms with Gasteiger partial charge in [0.2, 0.25) is 15.9 Å². The van der Waals surface area contributed by atoms with Crippen LogP contribution in [0.5, 0.6) is 11.5 Å². The fourth-order valence-electron chi connectivity index (χ4n) is 4.90. The minimum absolute atomic E-state index is 0.0209. The van der Waals surface area contributed by atoms with E-state index in [9.17, 15) is 17.6 Å². The average Bonchev–Trinajstić information content (AvgIpc) is 3.32. The van der Waals surface area contributed by atoms with Crippen LogP contribution in [0.1, 0.15) is 24.4 Å². The van der Waals surface area contributed by atoms with Crippen LogP contribution in [-0.4, -0.2) is 80.9 Å². The molecule has 3 aliphatic rings. The number of hydrogen-bond acceptors (Lipinski definition) is 6. The number of ether oxygens (including phenoxy) is 2. The number of fused-ring (bicyclic) bond motifs is 1. The molecule has 0 radical (unpaired) electrons. The monoisotopic (exact) mass is 489 g/mol. The van der Waals surface area contributed by atoms with Crippen LogP contribution in [0.2, 0.25) is 0 Å². The number of likely N-dealkylation sites (tertiary alicyclic amines) is 1. The maximum Gasteiger partial charge on any atom is 0.246 e. The number of piperazine rings is 1. The first kappa shape index (κ1) is 23.1. The van der Waals surface area contributed by atoms with Gasteiger partial charge in [0, 0.05) is 32.2 Å². The lowest BCUT2D eigenvalue weighted by atomic mass is 10.0. The molecule has 1 atom stereocenters. The lowest BCUT2D eigenvalue weighted by Crippen LogP contribution is -2.52. The first-order chi connectivity index (χ1) is 16.4. The summed E-state index contributed by atoms with van der Waals surface area (Å²) >= 11 is 0. The standard InChI is InChI=1S/C24H28FN3O5S/c25-19-4-1-2-6-23(19)34(30,31)28-12-10-26(11-13-28)24(29)17-27-9-3-5-20(27)18-7-8-21-22(16-18)33-15-14-32-21/h1-2,4,6-8,16,20H,3,5,9-15,17H2/t20-/m0/s1. The second-order valence-electron chi connectivity index (χ2n) is 8.75. The molecule has 3 aliphatic heterocycles. The Morgan fingerprint density at radius 3 is 2.47 bits per heavy atom. The fraction of sp³-hybridized carbons (Fsp3) is 0.458. The number of carbonyl (C=O) groups excluding carboxylic acids is 1. The molecule has 2 aromatic carbocycles. The highest BCUT2D eigenvalue weighted by molar-refractivity contribution is 7.89. The van der Waals surface area contributed by atoms with Crippen LogP contribution in [0, 0.1) is 5.82 Å². The number of sulfonamides is 1. The number of benzene rings is 2. The topological polar surface area (TPSA) is 79.4 Å². The van der Waals surface area contributed by atoms with E-state index in [0.717, 1.165) is 42.5 Å². The summed E-state index contributed by atoms with van der Waals surface area (Å²) in [6.45, 7) is 3.05. The van der Waals surface area contributed by atoms with Gasteiger partial charge in [0.1, 0.15) is 23.9 Å². The highest BCUT2D eigenvalue weighted by Crippen LogP contribution is 2.38. The van der Waals surface area contributed by atoms with E-state index in [-0.39, 0.29) is 49.6 Å². The Morgan fingerprint density at radius 2 is 1.71 bits per heavy atom. The predicted molar refractivity (Wildman–Crippen MR) is 123 cm³/mol. The van der Waals surface area contributed by atoms with Gasteiger partial charge < -0.3 is 14.4 Å². The zero-order valence-corrected chi connectivity index (χ0v) is 19.7. The van der Waals surface area contributed by atoms with E-state index in [1.165, 1.54) is 22.5 Å². The van der Waals surface area contributed by atoms with Crippen LogP contribution in [0.25, 0.3) is 0 Å². The van der Waals surface area contributed by atoms with Crippen LogP contribution in [0.4, 0.5) is 4.39 Å². The molecule has 8 nitrogen and oxygen atoms in total. The molecule has 2 aromatic rings. The lowest BCUT2D eigenvalue weighted by molar-refractivity contribution is -0.133. The van der Waals surface area contributed by atoms with Gasteiger partial charge in [0.15, 0.2) is 11.5 Å². The van der Waals surface area contributed by atoms with E-state index >= 15 is 0 Å². The molecule has 0 N–H and O–H groups in total. The van der Waals surface area contributed by atoms with Gasteiger partial charge in [-0.05, 0) is 49.2 Å². The molecule has 10 heteroatoms. The van der Waals surface area contributed by atoms with Crippen molar-refractivity contribution < 1.29 is 27.1 Å². The third-order valence-electron chi connectivity index (χ3n) is 6.70. The number of nitrogens with zero attached hydrogens (tertiary/aromatic N) is 3. The van der Waals surface area contributed by atoms with Gasteiger partial charge >= 0.3 is 0 Å². The Bertz CT molecular complexity index is 1170. The molecule has 1 amide bonds. The van der Waals surface area contributed by atoms with Gasteiger partial charge in [-0.25, -0.2) is 12.8 Å². The maximum absolute atomic E-state index is 14.1. The van der Waals surface area contributed by atoms with Crippen molar-refractivity contribution in [3.05, 3.63) is 53.8 Å². The minimum atomic E-state index is -3.93. The summed E-state index contributed by atoms with van der Waals surface area (Å²) < 4.78 is 52.3. The minimum Gasteiger partial charge on any atom is -0.486 e. The molecule has 34 heavy (non-hydrogen) atoms. The van der Waals surface area contributed by atoms with Gasteiger partial charge in [-0.1, -0.05) is 18.2 Å². The third kappa shape index (κ3) is 4.49. The van der Waals surface area contributed by atoms with Gasteiger partial charge in [-0.2, -0.15) is 4.31 Å². The van der Waals surface area contributed by atoms with Crippen LogP contribution in [0.15, 0.2) is 47.4 Å². The second-order valence-corrected chi connectivity index (χ2v) is 10.7. The normalized spacial score (nSPS) is 21.6. The third-order valence-corrected chi connectivity index (χ3v) is 8.63. The van der Waals surface area contributed by atoms with E-state index in [4.69, 9.17) is 9.47 Å². The molecule has 2 saturated heterocycles. The molecule has 2 fully saturated rings. The zero-order valence-electron chi connectivity index (χ0n) is 18.9. The Hall–Kier alpha value is -2.69. The van der Waals surface area contributed by atoms with Gasteiger partial charge in [-0.15, -0.1) is 0 Å². The summed E-state index contributed by atoms with van der Waals surface area (Å²) in [5, 5.41) is 0. The molecule has 0 unspecified atom stereocenters. The highest BCUT2D eigenvalue weighted by Gasteiger charge is 2.34. The predicted octanol–water partition coefficient (Wildman–Crippen LogP) is 2.27. The SMILES string of the molecule is O=C(CN1CCC[C@H]1c1ccc2c(c1)OCCO2)N1CCN(S(=O)(=O)c2ccccc2F)CC1. The van der Waals surface area contributed by atoms with Gasteiger partial charge in [0.05, 0.1) is 6.54 Å². The molecule has 0 saturated carbocycles. The van der Waals surface area contributed by atoms with E-state index in [1.807, 2.05) is 18.2 Å². The summed E-state index contributed by atoms with van der Waals surface area (Å²) in [4.78, 5) is 16.6. The van der Waals surface area contributed by atoms with Crippen LogP contribution in [0.3, 0.4) is 0 Å². The summed E-state index contributed by atoms with van der Waals surface area (Å²) in [6.07, 6.45) is 1.96. The number of carbonyl (C=O) groups is 1. The van der Waals surface area contributed by atoms with E-state index in [1.54, 1.807) is 4.90 Å². The van der Waals surface area contributed by atoms with Gasteiger partial charge in [0.25, 0.3) is 0 Å². The number of rotatable bonds is 5. The molecule has 0 bridgehead atoms. The largest absolute Gasteiger partial charge is 0.486 e. The Labute approximate surface area is 198 Å². The summed E-state index contributed by atoms with van der Waals surface area (Å²) in [5.74, 6) is 0.709. The van der Waals surface area contributed by atoms with Crippen LogP contribution < -0.4 is 9.47 Å². The van der Waals surface area contributed by atoms with Gasteiger partial charge in [-0.3, -0.25) is 9.69 Å². The Kier molecular flexibility index (Phi) is 6.46. The number of amides is 1. The number of halogens is 1. The Balaban J connectivity index is 1.20. The Morgan fingerprint density at radius 1 is 0.971 bits per heavy atom. The van der Waals surface area contributed by atoms with E-state index < -0.39 is 15.8 Å². The molecule has 3 heterocycles. The fourth-order valence-corrected chi connectivity index (χ4v) is 6.39. The van der Waals surface area contributed by atoms with E-state index in [0.29, 0.717) is 13.2 Å². The first-order valence-corrected chi connectivity index (χ1v) is 13.0. The second kappa shape index (κ2) is 9.52. The lowest BCUT2D eigenvalue weighted by Gasteiger charge is -2.35. The van der Waals surface area contributed by atoms with Crippen molar-refractivity contribution in [3.8, 4) is 11.5 Å². The van der Waals surface area contributed by atoms with Crippen molar-refractivity contribution in [2.24, 2.45) is 0 Å². The summed E-state index contributed by atoms with van der Waals surface area (Å²) in [7, 11) is -3.93. The first-order valence-electron chi connectivity index (χ1n) is 11.6. The molecule has 0 spiro atoms. The zero-order chi connectivity index (χ0) is 23.7.